The van der Waals surface area contributed by atoms with Gasteiger partial charge in [0.15, 0.2) is 5.65 Å². The molecule has 1 unspecified atom stereocenters. The Labute approximate surface area is 278 Å². The SMILES string of the molecule is CN1C[C@@H]2[C@H](C1)C(CO)N(C(=O)Cn1cc(NC(=O)c3cnn4cccnc34)c(-c3cc(Cl)ccc3OC(F)F)n1)[C@@H]2c1ccccc1. The number of likely N-dealkylation sites (tertiary alicyclic amines) is 2. The van der Waals surface area contributed by atoms with E-state index in [-0.39, 0.29) is 70.2 Å². The summed E-state index contributed by atoms with van der Waals surface area (Å²) in [6.45, 7) is -2.10. The quantitative estimate of drug-likeness (QED) is 0.238. The highest BCUT2D eigenvalue weighted by atomic mass is 35.5. The Morgan fingerprint density at radius 3 is 2.69 bits per heavy atom. The number of nitrogens with one attached hydrogen (secondary N) is 1. The minimum absolute atomic E-state index is 0.0527. The topological polar surface area (TPSA) is 130 Å². The van der Waals surface area contributed by atoms with E-state index in [1.165, 1.54) is 46.0 Å². The first kappa shape index (κ1) is 31.7. The van der Waals surface area contributed by atoms with Crippen LogP contribution < -0.4 is 10.1 Å². The summed E-state index contributed by atoms with van der Waals surface area (Å²) < 4.78 is 34.4. The van der Waals surface area contributed by atoms with Crippen LogP contribution in [-0.4, -0.2) is 90.5 Å². The van der Waals surface area contributed by atoms with E-state index in [4.69, 9.17) is 16.3 Å². The van der Waals surface area contributed by atoms with Gasteiger partial charge in [0.25, 0.3) is 5.91 Å². The molecule has 4 atom stereocenters. The minimum Gasteiger partial charge on any atom is -0.434 e. The lowest BCUT2D eigenvalue weighted by atomic mass is 9.87. The van der Waals surface area contributed by atoms with Gasteiger partial charge in [-0.3, -0.25) is 14.3 Å². The zero-order chi connectivity index (χ0) is 33.5. The van der Waals surface area contributed by atoms with Crippen molar-refractivity contribution < 1.29 is 28.2 Å². The fourth-order valence-corrected chi connectivity index (χ4v) is 7.29. The van der Waals surface area contributed by atoms with Crippen LogP contribution in [0.3, 0.4) is 0 Å². The van der Waals surface area contributed by atoms with Gasteiger partial charge in [-0.05, 0) is 36.9 Å². The summed E-state index contributed by atoms with van der Waals surface area (Å²) in [7, 11) is 2.03. The summed E-state index contributed by atoms with van der Waals surface area (Å²) in [6.07, 6.45) is 5.97. The maximum absolute atomic E-state index is 14.2. The average Bonchev–Trinajstić information content (AvgIpc) is 3.83. The molecule has 2 fully saturated rings. The molecule has 12 nitrogen and oxygen atoms in total. The number of aromatic nitrogens is 5. The fraction of sp³-hybridized carbons (Fsp3) is 0.303. The number of rotatable bonds is 9. The van der Waals surface area contributed by atoms with Crippen LogP contribution in [0.1, 0.15) is 22.0 Å². The smallest absolute Gasteiger partial charge is 0.387 e. The van der Waals surface area contributed by atoms with E-state index in [0.717, 1.165) is 18.7 Å². The standard InChI is InChI=1S/C33H31ClF2N8O4/c1-41-14-23-24(15-41)30(19-6-3-2-4-7-19)44(26(23)18-45)28(46)17-42-16-25(39-32(47)22-13-38-43-11-5-10-37-31(22)43)29(40-42)21-12-20(34)8-9-27(21)48-33(35)36/h2-13,16,23-24,26,30,33,45H,14-15,17-18H2,1H3,(H,39,47)/t23-,24+,26?,30+/m0/s1. The van der Waals surface area contributed by atoms with Crippen LogP contribution in [0.2, 0.25) is 5.02 Å². The monoisotopic (exact) mass is 676 g/mol. The van der Waals surface area contributed by atoms with Crippen molar-refractivity contribution in [2.75, 3.05) is 32.1 Å². The molecule has 2 aliphatic rings. The summed E-state index contributed by atoms with van der Waals surface area (Å²) in [5.41, 5.74) is 1.67. The lowest BCUT2D eigenvalue weighted by Gasteiger charge is -2.33. The van der Waals surface area contributed by atoms with Crippen LogP contribution in [0.5, 0.6) is 5.75 Å². The lowest BCUT2D eigenvalue weighted by Crippen LogP contribution is -2.45. The lowest BCUT2D eigenvalue weighted by molar-refractivity contribution is -0.137. The molecule has 2 saturated heterocycles. The number of halogens is 3. The summed E-state index contributed by atoms with van der Waals surface area (Å²) in [5, 5.41) is 22.3. The molecule has 3 aromatic heterocycles. The van der Waals surface area contributed by atoms with Gasteiger partial charge in [0.2, 0.25) is 5.91 Å². The van der Waals surface area contributed by atoms with Gasteiger partial charge in [-0.25, -0.2) is 9.50 Å². The highest BCUT2D eigenvalue weighted by molar-refractivity contribution is 6.31. The summed E-state index contributed by atoms with van der Waals surface area (Å²) in [4.78, 5) is 36.0. The van der Waals surface area contributed by atoms with Crippen LogP contribution in [-0.2, 0) is 11.3 Å². The number of alkyl halides is 2. The predicted molar refractivity (Wildman–Crippen MR) is 172 cm³/mol. The predicted octanol–water partition coefficient (Wildman–Crippen LogP) is 4.22. The molecule has 0 radical (unpaired) electrons. The molecule has 48 heavy (non-hydrogen) atoms. The van der Waals surface area contributed by atoms with Crippen molar-refractivity contribution in [1.29, 1.82) is 0 Å². The number of nitrogens with zero attached hydrogens (tertiary/aromatic N) is 7. The molecule has 0 saturated carbocycles. The second-order valence-corrected chi connectivity index (χ2v) is 12.4. The van der Waals surface area contributed by atoms with Crippen LogP contribution in [0.15, 0.2) is 79.4 Å². The highest BCUT2D eigenvalue weighted by Crippen LogP contribution is 2.48. The van der Waals surface area contributed by atoms with Crippen molar-refractivity contribution in [2.24, 2.45) is 11.8 Å². The molecular formula is C33H31ClF2N8O4. The maximum atomic E-state index is 14.2. The first-order valence-corrected chi connectivity index (χ1v) is 15.7. The van der Waals surface area contributed by atoms with E-state index in [1.54, 1.807) is 17.2 Å². The van der Waals surface area contributed by atoms with E-state index >= 15 is 0 Å². The van der Waals surface area contributed by atoms with Gasteiger partial charge in [0.1, 0.15) is 23.6 Å². The molecule has 15 heteroatoms. The maximum Gasteiger partial charge on any atom is 0.387 e. The number of aliphatic hydroxyl groups is 1. The Balaban J connectivity index is 1.26. The Kier molecular flexibility index (Phi) is 8.54. The number of hydrogen-bond donors (Lipinski definition) is 2. The molecular weight excluding hydrogens is 646 g/mol. The number of benzene rings is 2. The van der Waals surface area contributed by atoms with E-state index in [1.807, 2.05) is 37.4 Å². The van der Waals surface area contributed by atoms with E-state index in [2.05, 4.69) is 25.4 Å². The zero-order valence-electron chi connectivity index (χ0n) is 25.7. The van der Waals surface area contributed by atoms with Crippen molar-refractivity contribution in [3.8, 4) is 17.0 Å². The first-order chi connectivity index (χ1) is 23.2. The Morgan fingerprint density at radius 1 is 1.12 bits per heavy atom. The molecule has 0 bridgehead atoms. The highest BCUT2D eigenvalue weighted by Gasteiger charge is 2.54. The van der Waals surface area contributed by atoms with E-state index in [0.29, 0.717) is 5.65 Å². The second-order valence-electron chi connectivity index (χ2n) is 12.0. The van der Waals surface area contributed by atoms with Gasteiger partial charge >= 0.3 is 6.61 Å². The molecule has 5 aromatic rings. The van der Waals surface area contributed by atoms with Gasteiger partial charge < -0.3 is 25.0 Å². The molecule has 5 heterocycles. The molecule has 2 amide bonds. The molecule has 0 spiro atoms. The van der Waals surface area contributed by atoms with E-state index < -0.39 is 18.6 Å². The second kappa shape index (κ2) is 12.9. The number of fused-ring (bicyclic) bond motifs is 2. The average molecular weight is 677 g/mol. The number of ether oxygens (including phenoxy) is 1. The Bertz CT molecular complexity index is 1970. The minimum atomic E-state index is -3.14. The zero-order valence-corrected chi connectivity index (χ0v) is 26.4. The number of amides is 2. The van der Waals surface area contributed by atoms with Crippen molar-refractivity contribution in [1.82, 2.24) is 34.2 Å². The molecule has 2 N–H and O–H groups in total. The molecule has 2 aliphatic heterocycles. The molecule has 7 rings (SSSR count). The van der Waals surface area contributed by atoms with Crippen molar-refractivity contribution >= 4 is 34.7 Å². The van der Waals surface area contributed by atoms with Gasteiger partial charge in [-0.2, -0.15) is 19.0 Å². The van der Waals surface area contributed by atoms with Gasteiger partial charge in [-0.15, -0.1) is 0 Å². The normalized spacial score (nSPS) is 20.8. The van der Waals surface area contributed by atoms with Crippen LogP contribution in [0, 0.1) is 11.8 Å². The number of hydrogen-bond acceptors (Lipinski definition) is 8. The largest absolute Gasteiger partial charge is 0.434 e. The third-order valence-corrected chi connectivity index (χ3v) is 9.25. The van der Waals surface area contributed by atoms with Crippen molar-refractivity contribution in [3.63, 3.8) is 0 Å². The third-order valence-electron chi connectivity index (χ3n) is 9.01. The van der Waals surface area contributed by atoms with Crippen LogP contribution >= 0.6 is 11.6 Å². The summed E-state index contributed by atoms with van der Waals surface area (Å²) in [6, 6.07) is 14.8. The molecule has 2 aromatic carbocycles. The number of carbonyl (C=O) groups is 2. The molecule has 248 valence electrons. The molecule has 0 aliphatic carbocycles. The number of aliphatic hydroxyl groups excluding tert-OH is 1. The fourth-order valence-electron chi connectivity index (χ4n) is 7.12. The van der Waals surface area contributed by atoms with Crippen molar-refractivity contribution in [2.45, 2.75) is 25.2 Å². The Hall–Kier alpha value is -4.92. The van der Waals surface area contributed by atoms with Crippen molar-refractivity contribution in [3.05, 3.63) is 95.5 Å². The van der Waals surface area contributed by atoms with Crippen LogP contribution in [0.25, 0.3) is 16.9 Å². The summed E-state index contributed by atoms with van der Waals surface area (Å²) in [5.74, 6) is -0.928. The van der Waals surface area contributed by atoms with Gasteiger partial charge in [0, 0.05) is 54.1 Å². The third kappa shape index (κ3) is 5.86. The first-order valence-electron chi connectivity index (χ1n) is 15.3. The summed E-state index contributed by atoms with van der Waals surface area (Å²) >= 11 is 6.28. The van der Waals surface area contributed by atoms with Gasteiger partial charge in [-0.1, -0.05) is 41.9 Å². The number of anilines is 1. The Morgan fingerprint density at radius 2 is 1.92 bits per heavy atom. The van der Waals surface area contributed by atoms with Gasteiger partial charge in [0.05, 0.1) is 30.6 Å². The van der Waals surface area contributed by atoms with E-state index in [9.17, 15) is 23.5 Å². The number of carbonyl (C=O) groups excluding carboxylic acids is 2. The van der Waals surface area contributed by atoms with Crippen LogP contribution in [0.4, 0.5) is 14.5 Å².